The second kappa shape index (κ2) is 14.8. The smallest absolute Gasteiger partial charge is 0.237 e. The van der Waals surface area contributed by atoms with Gasteiger partial charge in [-0.3, -0.25) is 9.59 Å². The maximum absolute atomic E-state index is 13.1. The Bertz CT molecular complexity index is 689. The summed E-state index contributed by atoms with van der Waals surface area (Å²) >= 11 is 1.68. The van der Waals surface area contributed by atoms with Gasteiger partial charge in [0.25, 0.3) is 0 Å². The lowest BCUT2D eigenvalue weighted by molar-refractivity contribution is -0.130. The molecule has 0 aromatic heterocycles. The molecule has 0 heterocycles. The number of benzene rings is 1. The first kappa shape index (κ1) is 28.8. The molecule has 7 heteroatoms. The Morgan fingerprint density at radius 3 is 2.50 bits per heavy atom. The van der Waals surface area contributed by atoms with Crippen LogP contribution < -0.4 is 16.4 Å². The molecular formula is C25H42ClN3O2S. The SMILES string of the molecule is CSCC[C@H](N)C(=O)N[C@H](CNC(=O)[C@@H]1C[C@H](C)CC[C@H]1C(C)C)Cc1ccccc1.Cl. The number of rotatable bonds is 11. The first-order chi connectivity index (χ1) is 14.8. The normalized spacial score (nSPS) is 22.5. The van der Waals surface area contributed by atoms with Crippen molar-refractivity contribution in [3.63, 3.8) is 0 Å². The van der Waals surface area contributed by atoms with Crippen LogP contribution in [0.5, 0.6) is 0 Å². The van der Waals surface area contributed by atoms with E-state index in [1.165, 1.54) is 6.42 Å². The molecule has 182 valence electrons. The third kappa shape index (κ3) is 9.32. The molecular weight excluding hydrogens is 442 g/mol. The molecule has 5 atom stereocenters. The van der Waals surface area contributed by atoms with E-state index in [2.05, 4.69) is 31.4 Å². The van der Waals surface area contributed by atoms with Crippen molar-refractivity contribution in [3.8, 4) is 0 Å². The highest BCUT2D eigenvalue weighted by atomic mass is 35.5. The molecule has 0 aliphatic heterocycles. The van der Waals surface area contributed by atoms with E-state index in [0.29, 0.717) is 37.1 Å². The summed E-state index contributed by atoms with van der Waals surface area (Å²) in [7, 11) is 0. The van der Waals surface area contributed by atoms with E-state index in [1.54, 1.807) is 11.8 Å². The van der Waals surface area contributed by atoms with Gasteiger partial charge in [0.15, 0.2) is 0 Å². The van der Waals surface area contributed by atoms with E-state index in [0.717, 1.165) is 24.2 Å². The van der Waals surface area contributed by atoms with Crippen molar-refractivity contribution in [2.24, 2.45) is 29.4 Å². The summed E-state index contributed by atoms with van der Waals surface area (Å²) in [5.74, 6) is 2.40. The second-order valence-electron chi connectivity index (χ2n) is 9.46. The highest BCUT2D eigenvalue weighted by Gasteiger charge is 2.35. The van der Waals surface area contributed by atoms with Gasteiger partial charge in [-0.1, -0.05) is 57.5 Å². The Morgan fingerprint density at radius 2 is 1.88 bits per heavy atom. The van der Waals surface area contributed by atoms with Crippen LogP contribution in [0.2, 0.25) is 0 Å². The fraction of sp³-hybridized carbons (Fsp3) is 0.680. The van der Waals surface area contributed by atoms with Crippen molar-refractivity contribution >= 4 is 36.0 Å². The predicted octanol–water partition coefficient (Wildman–Crippen LogP) is 4.04. The zero-order valence-corrected chi connectivity index (χ0v) is 21.6. The number of nitrogens with one attached hydrogen (secondary N) is 2. The fourth-order valence-electron chi connectivity index (χ4n) is 4.62. The van der Waals surface area contributed by atoms with Gasteiger partial charge in [0.1, 0.15) is 0 Å². The van der Waals surface area contributed by atoms with E-state index >= 15 is 0 Å². The molecule has 4 N–H and O–H groups in total. The third-order valence-corrected chi connectivity index (χ3v) is 7.17. The van der Waals surface area contributed by atoms with Gasteiger partial charge in [-0.15, -0.1) is 12.4 Å². The summed E-state index contributed by atoms with van der Waals surface area (Å²) in [5.41, 5.74) is 7.20. The van der Waals surface area contributed by atoms with Gasteiger partial charge in [0, 0.05) is 12.5 Å². The number of thioether (sulfide) groups is 1. The Kier molecular flexibility index (Phi) is 13.3. The van der Waals surface area contributed by atoms with Crippen LogP contribution in [0, 0.1) is 23.7 Å². The maximum Gasteiger partial charge on any atom is 0.237 e. The molecule has 0 spiro atoms. The maximum atomic E-state index is 13.1. The summed E-state index contributed by atoms with van der Waals surface area (Å²) in [6.07, 6.45) is 6.59. The summed E-state index contributed by atoms with van der Waals surface area (Å²) in [6, 6.07) is 9.36. The van der Waals surface area contributed by atoms with Gasteiger partial charge < -0.3 is 16.4 Å². The number of hydrogen-bond acceptors (Lipinski definition) is 4. The van der Waals surface area contributed by atoms with Crippen LogP contribution in [0.3, 0.4) is 0 Å². The number of carbonyl (C=O) groups excluding carboxylic acids is 2. The molecule has 1 fully saturated rings. The number of amides is 2. The highest BCUT2D eigenvalue weighted by Crippen LogP contribution is 2.38. The quantitative estimate of drug-likeness (QED) is 0.443. The van der Waals surface area contributed by atoms with E-state index < -0.39 is 6.04 Å². The highest BCUT2D eigenvalue weighted by molar-refractivity contribution is 7.98. The minimum absolute atomic E-state index is 0. The van der Waals surface area contributed by atoms with Gasteiger partial charge in [-0.25, -0.2) is 0 Å². The topological polar surface area (TPSA) is 84.2 Å². The Morgan fingerprint density at radius 1 is 1.19 bits per heavy atom. The lowest BCUT2D eigenvalue weighted by Gasteiger charge is -2.36. The largest absolute Gasteiger partial charge is 0.354 e. The van der Waals surface area contributed by atoms with Gasteiger partial charge in [0.05, 0.1) is 12.1 Å². The molecule has 2 rings (SSSR count). The van der Waals surface area contributed by atoms with Crippen LogP contribution in [0.15, 0.2) is 30.3 Å². The van der Waals surface area contributed by atoms with Crippen LogP contribution in [0.4, 0.5) is 0 Å². The molecule has 5 nitrogen and oxygen atoms in total. The standard InChI is InChI=1S/C25H41N3O2S.ClH/c1-17(2)21-11-10-18(3)14-22(21)24(29)27-16-20(15-19-8-6-5-7-9-19)28-25(30)23(26)12-13-31-4;/h5-9,17-18,20-23H,10-16,26H2,1-4H3,(H,27,29)(H,28,30);1H/t18-,20+,21+,22-,23+;/m1./s1. The molecule has 1 aliphatic rings. The molecule has 1 aliphatic carbocycles. The first-order valence-electron chi connectivity index (χ1n) is 11.7. The fourth-order valence-corrected chi connectivity index (χ4v) is 5.11. The van der Waals surface area contributed by atoms with Crippen LogP contribution in [0.1, 0.15) is 52.0 Å². The minimum Gasteiger partial charge on any atom is -0.354 e. The minimum atomic E-state index is -0.522. The van der Waals surface area contributed by atoms with E-state index in [-0.39, 0.29) is 36.2 Å². The summed E-state index contributed by atoms with van der Waals surface area (Å²) < 4.78 is 0. The Labute approximate surface area is 204 Å². The Balaban J connectivity index is 0.00000512. The third-order valence-electron chi connectivity index (χ3n) is 6.52. The number of hydrogen-bond donors (Lipinski definition) is 3. The molecule has 1 aromatic rings. The number of halogens is 1. The van der Waals surface area contributed by atoms with Crippen LogP contribution in [-0.4, -0.2) is 42.5 Å². The molecule has 0 bridgehead atoms. The van der Waals surface area contributed by atoms with E-state index in [1.807, 2.05) is 36.6 Å². The van der Waals surface area contributed by atoms with E-state index in [4.69, 9.17) is 5.73 Å². The van der Waals surface area contributed by atoms with Gasteiger partial charge in [-0.2, -0.15) is 11.8 Å². The van der Waals surface area contributed by atoms with E-state index in [9.17, 15) is 9.59 Å². The Hall–Kier alpha value is -1.24. The van der Waals surface area contributed by atoms with Crippen molar-refractivity contribution in [2.45, 2.75) is 65.0 Å². The van der Waals surface area contributed by atoms with Crippen molar-refractivity contribution in [2.75, 3.05) is 18.6 Å². The van der Waals surface area contributed by atoms with Gasteiger partial charge >= 0.3 is 0 Å². The lowest BCUT2D eigenvalue weighted by Crippen LogP contribution is -2.51. The average Bonchev–Trinajstić information content (AvgIpc) is 2.75. The van der Waals surface area contributed by atoms with Gasteiger partial charge in [0.2, 0.25) is 11.8 Å². The second-order valence-corrected chi connectivity index (χ2v) is 10.4. The molecule has 1 saturated carbocycles. The van der Waals surface area contributed by atoms with Crippen molar-refractivity contribution in [3.05, 3.63) is 35.9 Å². The van der Waals surface area contributed by atoms with Crippen LogP contribution >= 0.6 is 24.2 Å². The monoisotopic (exact) mass is 483 g/mol. The molecule has 1 aromatic carbocycles. The molecule has 0 radical (unpaired) electrons. The number of carbonyl (C=O) groups is 2. The molecule has 32 heavy (non-hydrogen) atoms. The first-order valence-corrected chi connectivity index (χ1v) is 13.1. The lowest BCUT2D eigenvalue weighted by atomic mass is 9.70. The summed E-state index contributed by atoms with van der Waals surface area (Å²) in [4.78, 5) is 25.7. The summed E-state index contributed by atoms with van der Waals surface area (Å²) in [6.45, 7) is 7.10. The van der Waals surface area contributed by atoms with Crippen LogP contribution in [0.25, 0.3) is 0 Å². The predicted molar refractivity (Wildman–Crippen MR) is 138 cm³/mol. The zero-order valence-electron chi connectivity index (χ0n) is 20.0. The molecule has 2 amide bonds. The molecule has 0 saturated heterocycles. The van der Waals surface area contributed by atoms with Gasteiger partial charge in [-0.05, 0) is 61.0 Å². The summed E-state index contributed by atoms with van der Waals surface area (Å²) in [5, 5.41) is 6.25. The van der Waals surface area contributed by atoms with Crippen LogP contribution in [-0.2, 0) is 16.0 Å². The molecule has 0 unspecified atom stereocenters. The average molecular weight is 484 g/mol. The van der Waals surface area contributed by atoms with Crippen molar-refractivity contribution in [1.29, 1.82) is 0 Å². The van der Waals surface area contributed by atoms with Crippen molar-refractivity contribution in [1.82, 2.24) is 10.6 Å². The zero-order chi connectivity index (χ0) is 22.8. The van der Waals surface area contributed by atoms with Crippen molar-refractivity contribution < 1.29 is 9.59 Å². The number of nitrogens with two attached hydrogens (primary N) is 1.